The van der Waals surface area contributed by atoms with Crippen molar-refractivity contribution in [2.24, 2.45) is 0 Å². The summed E-state index contributed by atoms with van der Waals surface area (Å²) in [6, 6.07) is 5.97. The first-order chi connectivity index (χ1) is 9.33. The molecule has 0 aromatic carbocycles. The number of furan rings is 2. The average Bonchev–Trinajstić information content (AvgIpc) is 3.07. The summed E-state index contributed by atoms with van der Waals surface area (Å²) in [6.45, 7) is 8.66. The fraction of sp³-hybridized carbons (Fsp3) is 0.467. The van der Waals surface area contributed by atoms with Gasteiger partial charge in [0.2, 0.25) is 0 Å². The fourth-order valence-corrected chi connectivity index (χ4v) is 2.03. The van der Waals surface area contributed by atoms with E-state index in [1.165, 1.54) is 5.56 Å². The van der Waals surface area contributed by atoms with Gasteiger partial charge in [-0.1, -0.05) is 13.8 Å². The number of rotatable bonds is 8. The van der Waals surface area contributed by atoms with Crippen LogP contribution in [0, 0.1) is 0 Å². The molecule has 4 nitrogen and oxygen atoms in total. The van der Waals surface area contributed by atoms with Crippen molar-refractivity contribution in [1.29, 1.82) is 0 Å². The Hall–Kier alpha value is -1.52. The van der Waals surface area contributed by atoms with Gasteiger partial charge < -0.3 is 14.2 Å². The van der Waals surface area contributed by atoms with Crippen molar-refractivity contribution in [1.82, 2.24) is 10.2 Å². The Morgan fingerprint density at radius 2 is 2.00 bits per heavy atom. The van der Waals surface area contributed by atoms with Gasteiger partial charge in [0, 0.05) is 12.1 Å². The van der Waals surface area contributed by atoms with Crippen molar-refractivity contribution in [2.75, 3.05) is 13.1 Å². The third-order valence-electron chi connectivity index (χ3n) is 3.18. The van der Waals surface area contributed by atoms with Crippen LogP contribution in [0.2, 0.25) is 0 Å². The van der Waals surface area contributed by atoms with E-state index in [1.807, 2.05) is 18.2 Å². The van der Waals surface area contributed by atoms with Crippen LogP contribution in [0.25, 0.3) is 0 Å². The summed E-state index contributed by atoms with van der Waals surface area (Å²) >= 11 is 0. The molecule has 104 valence electrons. The summed E-state index contributed by atoms with van der Waals surface area (Å²) in [4.78, 5) is 2.30. The molecule has 0 spiro atoms. The topological polar surface area (TPSA) is 41.6 Å². The molecule has 0 aliphatic carbocycles. The molecule has 2 heterocycles. The Balaban J connectivity index is 1.96. The smallest absolute Gasteiger partial charge is 0.122 e. The van der Waals surface area contributed by atoms with Crippen molar-refractivity contribution >= 4 is 0 Å². The highest BCUT2D eigenvalue weighted by Crippen LogP contribution is 2.15. The zero-order valence-corrected chi connectivity index (χ0v) is 11.7. The zero-order chi connectivity index (χ0) is 13.5. The molecule has 2 rings (SSSR count). The highest BCUT2D eigenvalue weighted by molar-refractivity contribution is 5.17. The SMILES string of the molecule is CCNCc1ccoc1CN(CC)Cc1ccco1. The molecule has 1 N–H and O–H groups in total. The highest BCUT2D eigenvalue weighted by atomic mass is 16.3. The molecule has 0 aliphatic rings. The van der Waals surface area contributed by atoms with Crippen LogP contribution in [0.15, 0.2) is 39.6 Å². The molecule has 0 atom stereocenters. The van der Waals surface area contributed by atoms with E-state index in [2.05, 4.69) is 24.1 Å². The quantitative estimate of drug-likeness (QED) is 0.794. The molecule has 0 radical (unpaired) electrons. The van der Waals surface area contributed by atoms with Crippen LogP contribution >= 0.6 is 0 Å². The van der Waals surface area contributed by atoms with E-state index in [9.17, 15) is 0 Å². The molecule has 0 saturated carbocycles. The minimum absolute atomic E-state index is 0.810. The van der Waals surface area contributed by atoms with Gasteiger partial charge in [-0.05, 0) is 31.3 Å². The largest absolute Gasteiger partial charge is 0.468 e. The van der Waals surface area contributed by atoms with Gasteiger partial charge in [0.15, 0.2) is 0 Å². The first-order valence-corrected chi connectivity index (χ1v) is 6.84. The first-order valence-electron chi connectivity index (χ1n) is 6.84. The van der Waals surface area contributed by atoms with E-state index < -0.39 is 0 Å². The van der Waals surface area contributed by atoms with E-state index >= 15 is 0 Å². The molecule has 0 fully saturated rings. The summed E-state index contributed by atoms with van der Waals surface area (Å²) < 4.78 is 11.0. The lowest BCUT2D eigenvalue weighted by Crippen LogP contribution is -2.23. The Labute approximate surface area is 114 Å². The summed E-state index contributed by atoms with van der Waals surface area (Å²) in [5.41, 5.74) is 1.24. The third kappa shape index (κ3) is 3.98. The van der Waals surface area contributed by atoms with Crippen molar-refractivity contribution in [3.8, 4) is 0 Å². The molecule has 19 heavy (non-hydrogen) atoms. The minimum Gasteiger partial charge on any atom is -0.468 e. The van der Waals surface area contributed by atoms with Crippen molar-refractivity contribution in [2.45, 2.75) is 33.5 Å². The molecule has 2 aromatic rings. The van der Waals surface area contributed by atoms with Gasteiger partial charge in [0.25, 0.3) is 0 Å². The summed E-state index contributed by atoms with van der Waals surface area (Å²) in [7, 11) is 0. The van der Waals surface area contributed by atoms with E-state index in [0.717, 1.165) is 44.2 Å². The molecular weight excluding hydrogens is 240 g/mol. The van der Waals surface area contributed by atoms with Crippen LogP contribution < -0.4 is 5.32 Å². The molecule has 4 heteroatoms. The van der Waals surface area contributed by atoms with Crippen molar-refractivity contribution in [3.05, 3.63) is 47.8 Å². The number of nitrogens with one attached hydrogen (secondary N) is 1. The minimum atomic E-state index is 0.810. The molecule has 2 aromatic heterocycles. The molecule has 0 aliphatic heterocycles. The Morgan fingerprint density at radius 3 is 2.68 bits per heavy atom. The van der Waals surface area contributed by atoms with Crippen LogP contribution in [-0.4, -0.2) is 18.0 Å². The standard InChI is InChI=1S/C15H22N2O2/c1-3-16-10-13-7-9-19-15(13)12-17(4-2)11-14-6-5-8-18-14/h5-9,16H,3-4,10-12H2,1-2H3. The lowest BCUT2D eigenvalue weighted by Gasteiger charge is -2.18. The number of hydrogen-bond acceptors (Lipinski definition) is 4. The van der Waals surface area contributed by atoms with Gasteiger partial charge in [-0.15, -0.1) is 0 Å². The fourth-order valence-electron chi connectivity index (χ4n) is 2.03. The maximum Gasteiger partial charge on any atom is 0.122 e. The summed E-state index contributed by atoms with van der Waals surface area (Å²) in [5, 5.41) is 3.33. The third-order valence-corrected chi connectivity index (χ3v) is 3.18. The highest BCUT2D eigenvalue weighted by Gasteiger charge is 2.12. The van der Waals surface area contributed by atoms with Gasteiger partial charge in [0.05, 0.1) is 25.6 Å². The lowest BCUT2D eigenvalue weighted by molar-refractivity contribution is 0.227. The van der Waals surface area contributed by atoms with Crippen molar-refractivity contribution in [3.63, 3.8) is 0 Å². The number of hydrogen-bond donors (Lipinski definition) is 1. The molecule has 0 bridgehead atoms. The Bertz CT molecular complexity index is 462. The van der Waals surface area contributed by atoms with Gasteiger partial charge in [0.1, 0.15) is 11.5 Å². The molecule has 0 amide bonds. The number of nitrogens with zero attached hydrogens (tertiary/aromatic N) is 1. The van der Waals surface area contributed by atoms with Gasteiger partial charge in [-0.2, -0.15) is 0 Å². The average molecular weight is 262 g/mol. The van der Waals surface area contributed by atoms with Gasteiger partial charge >= 0.3 is 0 Å². The van der Waals surface area contributed by atoms with Crippen LogP contribution in [-0.2, 0) is 19.6 Å². The van der Waals surface area contributed by atoms with Gasteiger partial charge in [-0.25, -0.2) is 0 Å². The Morgan fingerprint density at radius 1 is 1.11 bits per heavy atom. The predicted octanol–water partition coefficient (Wildman–Crippen LogP) is 3.00. The van der Waals surface area contributed by atoms with E-state index in [4.69, 9.17) is 8.83 Å². The van der Waals surface area contributed by atoms with E-state index in [0.29, 0.717) is 0 Å². The first kappa shape index (κ1) is 13.9. The van der Waals surface area contributed by atoms with Crippen LogP contribution in [0.3, 0.4) is 0 Å². The van der Waals surface area contributed by atoms with Gasteiger partial charge in [-0.3, -0.25) is 4.90 Å². The maximum absolute atomic E-state index is 5.60. The van der Waals surface area contributed by atoms with Crippen LogP contribution in [0.1, 0.15) is 30.9 Å². The molecular formula is C15H22N2O2. The van der Waals surface area contributed by atoms with Crippen LogP contribution in [0.4, 0.5) is 0 Å². The maximum atomic E-state index is 5.60. The second kappa shape index (κ2) is 7.16. The van der Waals surface area contributed by atoms with Crippen molar-refractivity contribution < 1.29 is 8.83 Å². The predicted molar refractivity (Wildman–Crippen MR) is 74.6 cm³/mol. The lowest BCUT2D eigenvalue weighted by atomic mass is 10.2. The monoisotopic (exact) mass is 262 g/mol. The summed E-state index contributed by atoms with van der Waals surface area (Å²) in [5.74, 6) is 2.02. The normalized spacial score (nSPS) is 11.3. The summed E-state index contributed by atoms with van der Waals surface area (Å²) in [6.07, 6.45) is 3.48. The van der Waals surface area contributed by atoms with E-state index in [1.54, 1.807) is 12.5 Å². The Kier molecular flexibility index (Phi) is 5.24. The molecule has 0 saturated heterocycles. The second-order valence-electron chi connectivity index (χ2n) is 4.53. The second-order valence-corrected chi connectivity index (χ2v) is 4.53. The van der Waals surface area contributed by atoms with E-state index in [-0.39, 0.29) is 0 Å². The zero-order valence-electron chi connectivity index (χ0n) is 11.7. The van der Waals surface area contributed by atoms with Crippen LogP contribution in [0.5, 0.6) is 0 Å². The molecule has 0 unspecified atom stereocenters.